The van der Waals surface area contributed by atoms with Gasteiger partial charge in [0.05, 0.1) is 38.6 Å². The van der Waals surface area contributed by atoms with Gasteiger partial charge in [0, 0.05) is 24.5 Å². The third-order valence-electron chi connectivity index (χ3n) is 4.55. The molecule has 3 aromatic rings. The van der Waals surface area contributed by atoms with Crippen LogP contribution in [-0.4, -0.2) is 50.5 Å². The summed E-state index contributed by atoms with van der Waals surface area (Å²) in [6.07, 6.45) is 0. The summed E-state index contributed by atoms with van der Waals surface area (Å²) in [6.45, 7) is 2.93. The molecule has 2 aromatic carbocycles. The molecule has 4 rings (SSSR count). The van der Waals surface area contributed by atoms with Crippen LogP contribution in [0.2, 0.25) is 0 Å². The van der Waals surface area contributed by atoms with E-state index in [-0.39, 0.29) is 0 Å². The van der Waals surface area contributed by atoms with Crippen molar-refractivity contribution in [2.24, 2.45) is 0 Å². The normalized spacial score (nSPS) is 14.2. The van der Waals surface area contributed by atoms with Gasteiger partial charge in [0.2, 0.25) is 5.95 Å². The third kappa shape index (κ3) is 3.59. The van der Waals surface area contributed by atoms with E-state index in [1.807, 2.05) is 42.5 Å². The summed E-state index contributed by atoms with van der Waals surface area (Å²) in [5.74, 6) is 2.86. The average Bonchev–Trinajstić information content (AvgIpc) is 2.74. The molecule has 7 nitrogen and oxygen atoms in total. The fourth-order valence-corrected chi connectivity index (χ4v) is 3.09. The van der Waals surface area contributed by atoms with Crippen molar-refractivity contribution < 1.29 is 14.2 Å². The van der Waals surface area contributed by atoms with Crippen molar-refractivity contribution in [3.05, 3.63) is 42.5 Å². The number of benzene rings is 2. The lowest BCUT2D eigenvalue weighted by Gasteiger charge is -2.27. The molecule has 0 aliphatic carbocycles. The van der Waals surface area contributed by atoms with Gasteiger partial charge in [0.1, 0.15) is 17.3 Å². The zero-order valence-corrected chi connectivity index (χ0v) is 15.4. The van der Waals surface area contributed by atoms with Crippen LogP contribution in [0.5, 0.6) is 11.5 Å². The Kier molecular flexibility index (Phi) is 4.93. The number of hydrogen-bond acceptors (Lipinski definition) is 7. The molecule has 0 saturated carbocycles. The van der Waals surface area contributed by atoms with E-state index in [1.54, 1.807) is 14.2 Å². The number of aromatic nitrogens is 2. The van der Waals surface area contributed by atoms with Crippen molar-refractivity contribution in [2.45, 2.75) is 0 Å². The fraction of sp³-hybridized carbons (Fsp3) is 0.300. The van der Waals surface area contributed by atoms with Gasteiger partial charge in [-0.2, -0.15) is 4.98 Å². The molecular formula is C20H22N4O3. The molecule has 7 heteroatoms. The Morgan fingerprint density at radius 2 is 1.81 bits per heavy atom. The molecule has 2 heterocycles. The predicted molar refractivity (Wildman–Crippen MR) is 105 cm³/mol. The summed E-state index contributed by atoms with van der Waals surface area (Å²) < 4.78 is 16.2. The van der Waals surface area contributed by atoms with Crippen molar-refractivity contribution in [1.82, 2.24) is 9.97 Å². The Bertz CT molecular complexity index is 942. The smallest absolute Gasteiger partial charge is 0.228 e. The standard InChI is InChI=1S/C20H22N4O3/c1-25-14-7-8-17(18(13-14)26-2)21-19-15-5-3-4-6-16(15)22-20(23-19)24-9-11-27-12-10-24/h3-8,13H,9-12H2,1-2H3,(H,21,22,23). The first-order valence-corrected chi connectivity index (χ1v) is 8.87. The summed E-state index contributed by atoms with van der Waals surface area (Å²) >= 11 is 0. The number of nitrogens with one attached hydrogen (secondary N) is 1. The van der Waals surface area contributed by atoms with Crippen molar-refractivity contribution in [3.8, 4) is 11.5 Å². The van der Waals surface area contributed by atoms with E-state index in [2.05, 4.69) is 10.2 Å². The topological polar surface area (TPSA) is 68.7 Å². The molecule has 1 fully saturated rings. The molecule has 1 aromatic heterocycles. The SMILES string of the molecule is COc1ccc(Nc2nc(N3CCOCC3)nc3ccccc23)c(OC)c1. The first-order chi connectivity index (χ1) is 13.3. The van der Waals surface area contributed by atoms with E-state index in [4.69, 9.17) is 24.2 Å². The lowest BCUT2D eigenvalue weighted by atomic mass is 10.2. The Hall–Kier alpha value is -3.06. The molecule has 0 unspecified atom stereocenters. The predicted octanol–water partition coefficient (Wildman–Crippen LogP) is 3.23. The number of hydrogen-bond donors (Lipinski definition) is 1. The Morgan fingerprint density at radius 1 is 1.00 bits per heavy atom. The molecular weight excluding hydrogens is 344 g/mol. The van der Waals surface area contributed by atoms with Crippen LogP contribution in [0.3, 0.4) is 0 Å². The van der Waals surface area contributed by atoms with E-state index in [0.717, 1.165) is 41.2 Å². The highest BCUT2D eigenvalue weighted by Gasteiger charge is 2.17. The van der Waals surface area contributed by atoms with Crippen molar-refractivity contribution in [3.63, 3.8) is 0 Å². The highest BCUT2D eigenvalue weighted by molar-refractivity contribution is 5.92. The maximum atomic E-state index is 5.51. The maximum absolute atomic E-state index is 5.51. The third-order valence-corrected chi connectivity index (χ3v) is 4.55. The monoisotopic (exact) mass is 366 g/mol. The minimum absolute atomic E-state index is 0.685. The van der Waals surface area contributed by atoms with Crippen LogP contribution >= 0.6 is 0 Å². The number of fused-ring (bicyclic) bond motifs is 1. The van der Waals surface area contributed by atoms with Crippen LogP contribution in [0.15, 0.2) is 42.5 Å². The van der Waals surface area contributed by atoms with Gasteiger partial charge in [-0.3, -0.25) is 0 Å². The molecule has 27 heavy (non-hydrogen) atoms. The zero-order chi connectivity index (χ0) is 18.6. The summed E-state index contributed by atoms with van der Waals surface area (Å²) in [5, 5.41) is 4.36. The Morgan fingerprint density at radius 3 is 2.59 bits per heavy atom. The number of nitrogens with zero attached hydrogens (tertiary/aromatic N) is 3. The van der Waals surface area contributed by atoms with Crippen molar-refractivity contribution >= 4 is 28.4 Å². The van der Waals surface area contributed by atoms with Gasteiger partial charge in [-0.15, -0.1) is 0 Å². The van der Waals surface area contributed by atoms with Crippen molar-refractivity contribution in [2.75, 3.05) is 50.7 Å². The molecule has 0 spiro atoms. The van der Waals surface area contributed by atoms with Gasteiger partial charge in [-0.1, -0.05) is 12.1 Å². The summed E-state index contributed by atoms with van der Waals surface area (Å²) in [7, 11) is 3.27. The first kappa shape index (κ1) is 17.4. The van der Waals surface area contributed by atoms with Gasteiger partial charge in [-0.05, 0) is 24.3 Å². The highest BCUT2D eigenvalue weighted by Crippen LogP contribution is 2.33. The first-order valence-electron chi connectivity index (χ1n) is 8.87. The molecule has 1 aliphatic rings. The highest BCUT2D eigenvalue weighted by atomic mass is 16.5. The zero-order valence-electron chi connectivity index (χ0n) is 15.4. The van der Waals surface area contributed by atoms with Gasteiger partial charge in [0.25, 0.3) is 0 Å². The van der Waals surface area contributed by atoms with Crippen LogP contribution < -0.4 is 19.7 Å². The number of ether oxygens (including phenoxy) is 3. The molecule has 1 saturated heterocycles. The number of morpholine rings is 1. The number of rotatable bonds is 5. The lowest BCUT2D eigenvalue weighted by molar-refractivity contribution is 0.122. The van der Waals surface area contributed by atoms with Crippen molar-refractivity contribution in [1.29, 1.82) is 0 Å². The molecule has 0 amide bonds. The number of anilines is 3. The van der Waals surface area contributed by atoms with Gasteiger partial charge in [-0.25, -0.2) is 4.98 Å². The van der Waals surface area contributed by atoms with Gasteiger partial charge < -0.3 is 24.4 Å². The van der Waals surface area contributed by atoms with E-state index < -0.39 is 0 Å². The Labute approximate surface area is 157 Å². The van der Waals surface area contributed by atoms with Gasteiger partial charge in [0.15, 0.2) is 0 Å². The van der Waals surface area contributed by atoms with Crippen LogP contribution in [0, 0.1) is 0 Å². The van der Waals surface area contributed by atoms with Gasteiger partial charge >= 0.3 is 0 Å². The summed E-state index contributed by atoms with van der Waals surface area (Å²) in [6, 6.07) is 13.6. The number of para-hydroxylation sites is 1. The molecule has 0 atom stereocenters. The lowest BCUT2D eigenvalue weighted by Crippen LogP contribution is -2.37. The second kappa shape index (κ2) is 7.67. The molecule has 1 aliphatic heterocycles. The quantitative estimate of drug-likeness (QED) is 0.743. The molecule has 0 radical (unpaired) electrons. The molecule has 0 bridgehead atoms. The van der Waals surface area contributed by atoms with Crippen LogP contribution in [0.1, 0.15) is 0 Å². The molecule has 140 valence electrons. The Balaban J connectivity index is 1.76. The summed E-state index contributed by atoms with van der Waals surface area (Å²) in [5.41, 5.74) is 1.71. The van der Waals surface area contributed by atoms with E-state index >= 15 is 0 Å². The van der Waals surface area contributed by atoms with E-state index in [0.29, 0.717) is 24.9 Å². The van der Waals surface area contributed by atoms with E-state index in [9.17, 15) is 0 Å². The van der Waals surface area contributed by atoms with Crippen LogP contribution in [0.25, 0.3) is 10.9 Å². The minimum Gasteiger partial charge on any atom is -0.497 e. The number of methoxy groups -OCH3 is 2. The minimum atomic E-state index is 0.685. The van der Waals surface area contributed by atoms with E-state index in [1.165, 1.54) is 0 Å². The molecule has 1 N–H and O–H groups in total. The average molecular weight is 366 g/mol. The fourth-order valence-electron chi connectivity index (χ4n) is 3.09. The second-order valence-corrected chi connectivity index (χ2v) is 6.18. The second-order valence-electron chi connectivity index (χ2n) is 6.18. The van der Waals surface area contributed by atoms with Crippen LogP contribution in [-0.2, 0) is 4.74 Å². The largest absolute Gasteiger partial charge is 0.497 e. The van der Waals surface area contributed by atoms with Crippen LogP contribution in [0.4, 0.5) is 17.5 Å². The summed E-state index contributed by atoms with van der Waals surface area (Å²) in [4.78, 5) is 11.7. The maximum Gasteiger partial charge on any atom is 0.228 e.